The van der Waals surface area contributed by atoms with Crippen LogP contribution in [0.3, 0.4) is 0 Å². The number of unbranched alkanes of at least 4 members (excludes halogenated alkanes) is 1. The van der Waals surface area contributed by atoms with Crippen molar-refractivity contribution in [2.45, 2.75) is 115 Å². The molecule has 7 amide bonds. The molecular weight excluding hydrogens is 791 g/mol. The molecule has 336 valence electrons. The summed E-state index contributed by atoms with van der Waals surface area (Å²) in [4.78, 5) is 96.9. The molecule has 2 rings (SSSR count). The summed E-state index contributed by atoms with van der Waals surface area (Å²) in [5.74, 6) is -5.53. The third-order valence-corrected chi connectivity index (χ3v) is 9.81. The van der Waals surface area contributed by atoms with E-state index >= 15 is 0 Å². The fourth-order valence-corrected chi connectivity index (χ4v) is 6.12. The molecule has 0 bridgehead atoms. The van der Waals surface area contributed by atoms with Gasteiger partial charge in [0.2, 0.25) is 41.4 Å². The molecule has 2 aromatic rings. The molecule has 0 aliphatic heterocycles. The highest BCUT2D eigenvalue weighted by Crippen LogP contribution is 2.15. The Morgan fingerprint density at radius 3 is 1.54 bits per heavy atom. The summed E-state index contributed by atoms with van der Waals surface area (Å²) in [6, 6.07) is 4.68. The Morgan fingerprint density at radius 1 is 0.607 bits per heavy atom. The first-order valence-electron chi connectivity index (χ1n) is 20.2. The number of guanidine groups is 1. The SMILES string of the molecule is CC[C@H](C)[C@H](NC(=O)[C@H](C)NC(=O)[C@H](Cc1ccc(O)cc1)NC(=O)[C@H](Cc1ccc(O)cc1)NC(=O)[C@H](CCCN=C(N)N)NC(C)=O)C(=O)N[C@@H](CCCCN)C(N)=O. The number of phenolic OH excluding ortho intramolecular Hbond substituents is 2. The molecule has 0 aromatic heterocycles. The first kappa shape index (κ1) is 50.7. The molecule has 0 fully saturated rings. The van der Waals surface area contributed by atoms with Crippen LogP contribution in [0.4, 0.5) is 0 Å². The van der Waals surface area contributed by atoms with Crippen molar-refractivity contribution in [2.75, 3.05) is 13.1 Å². The number of aliphatic imine (C=N–C) groups is 1. The van der Waals surface area contributed by atoms with E-state index in [9.17, 15) is 43.8 Å². The maximum Gasteiger partial charge on any atom is 0.243 e. The Labute approximate surface area is 355 Å². The summed E-state index contributed by atoms with van der Waals surface area (Å²) in [6.07, 6.45) is 2.08. The molecule has 0 aliphatic rings. The zero-order valence-electron chi connectivity index (χ0n) is 35.2. The summed E-state index contributed by atoms with van der Waals surface area (Å²) in [5.41, 5.74) is 22.9. The maximum atomic E-state index is 14.2. The molecule has 0 aliphatic carbocycles. The molecule has 20 nitrogen and oxygen atoms in total. The lowest BCUT2D eigenvalue weighted by molar-refractivity contribution is -0.135. The van der Waals surface area contributed by atoms with Crippen molar-refractivity contribution in [1.29, 1.82) is 0 Å². The molecule has 0 unspecified atom stereocenters. The predicted octanol–water partition coefficient (Wildman–Crippen LogP) is -1.45. The molecule has 0 saturated carbocycles. The smallest absolute Gasteiger partial charge is 0.243 e. The second-order valence-electron chi connectivity index (χ2n) is 14.9. The van der Waals surface area contributed by atoms with Crippen molar-refractivity contribution < 1.29 is 43.8 Å². The molecule has 0 saturated heterocycles. The van der Waals surface area contributed by atoms with Crippen LogP contribution in [0.1, 0.15) is 77.3 Å². The zero-order valence-corrected chi connectivity index (χ0v) is 35.2. The van der Waals surface area contributed by atoms with E-state index in [4.69, 9.17) is 22.9 Å². The van der Waals surface area contributed by atoms with Gasteiger partial charge in [-0.3, -0.25) is 38.6 Å². The first-order valence-corrected chi connectivity index (χ1v) is 20.2. The molecule has 0 radical (unpaired) electrons. The molecule has 0 spiro atoms. The van der Waals surface area contributed by atoms with Gasteiger partial charge in [0.25, 0.3) is 0 Å². The molecule has 0 heterocycles. The van der Waals surface area contributed by atoms with Gasteiger partial charge >= 0.3 is 0 Å². The lowest BCUT2D eigenvalue weighted by Gasteiger charge is -2.28. The van der Waals surface area contributed by atoms with Gasteiger partial charge in [-0.15, -0.1) is 0 Å². The quantitative estimate of drug-likeness (QED) is 0.0294. The van der Waals surface area contributed by atoms with Crippen LogP contribution in [0, 0.1) is 5.92 Å². The van der Waals surface area contributed by atoms with Crippen LogP contribution in [0.15, 0.2) is 53.5 Å². The highest BCUT2D eigenvalue weighted by Gasteiger charge is 2.33. The van der Waals surface area contributed by atoms with Gasteiger partial charge in [-0.2, -0.15) is 0 Å². The minimum Gasteiger partial charge on any atom is -0.508 e. The Balaban J connectivity index is 2.39. The monoisotopic (exact) mass is 853 g/mol. The maximum absolute atomic E-state index is 14.2. The van der Waals surface area contributed by atoms with E-state index in [1.807, 2.05) is 6.92 Å². The number of aromatic hydroxyl groups is 2. The van der Waals surface area contributed by atoms with E-state index in [1.54, 1.807) is 31.2 Å². The third-order valence-electron chi connectivity index (χ3n) is 9.81. The number of amides is 7. The summed E-state index contributed by atoms with van der Waals surface area (Å²) >= 11 is 0. The van der Waals surface area contributed by atoms with Crippen molar-refractivity contribution in [3.8, 4) is 11.5 Å². The number of rotatable bonds is 26. The highest BCUT2D eigenvalue weighted by atomic mass is 16.3. The van der Waals surface area contributed by atoms with Gasteiger partial charge in [-0.1, -0.05) is 44.5 Å². The van der Waals surface area contributed by atoms with E-state index in [0.717, 1.165) is 0 Å². The van der Waals surface area contributed by atoms with Gasteiger partial charge in [0.1, 0.15) is 47.8 Å². The average Bonchev–Trinajstić information content (AvgIpc) is 3.20. The Kier molecular flexibility index (Phi) is 21.5. The average molecular weight is 854 g/mol. The zero-order chi connectivity index (χ0) is 45.6. The second-order valence-corrected chi connectivity index (χ2v) is 14.9. The van der Waals surface area contributed by atoms with E-state index in [2.05, 4.69) is 36.9 Å². The minimum absolute atomic E-state index is 0.0339. The number of hydrogen-bond acceptors (Lipinski definition) is 11. The van der Waals surface area contributed by atoms with Crippen LogP contribution >= 0.6 is 0 Å². The molecule has 16 N–H and O–H groups in total. The van der Waals surface area contributed by atoms with Gasteiger partial charge < -0.3 is 65.0 Å². The van der Waals surface area contributed by atoms with Crippen LogP contribution < -0.4 is 54.8 Å². The summed E-state index contributed by atoms with van der Waals surface area (Å²) in [5, 5.41) is 35.6. The Morgan fingerprint density at radius 2 is 1.08 bits per heavy atom. The summed E-state index contributed by atoms with van der Waals surface area (Å²) < 4.78 is 0. The lowest BCUT2D eigenvalue weighted by Crippen LogP contribution is -2.60. The number of carbonyl (C=O) groups is 7. The number of phenols is 2. The number of benzene rings is 2. The third kappa shape index (κ3) is 18.6. The molecule has 61 heavy (non-hydrogen) atoms. The number of nitrogens with one attached hydrogen (secondary N) is 6. The van der Waals surface area contributed by atoms with Gasteiger partial charge in [-0.05, 0) is 86.9 Å². The van der Waals surface area contributed by atoms with Crippen LogP contribution in [0.25, 0.3) is 0 Å². The van der Waals surface area contributed by atoms with Gasteiger partial charge in [0, 0.05) is 26.3 Å². The standard InChI is InChI=1S/C41H63N11O9/c1-5-23(2)34(40(61)49-30(35(43)56)9-6-7-19-42)52-36(57)24(3)47-38(59)32(21-26-11-15-28(54)16-12-26)51-39(60)33(22-27-13-17-29(55)18-14-27)50-37(58)31(48-25(4)53)10-8-20-46-41(44)45/h11-18,23-24,30-34,54-55H,5-10,19-22,42H2,1-4H3,(H2,43,56)(H,47,59)(H,48,53)(H,49,61)(H,50,58)(H,51,60)(H,52,57)(H4,44,45,46)/t23-,24-,30-,31-,32-,33-,34-/m0/s1. The fourth-order valence-electron chi connectivity index (χ4n) is 6.12. The topological polar surface area (TPSA) is 349 Å². The number of carbonyl (C=O) groups excluding carboxylic acids is 7. The number of hydrogen-bond donors (Lipinski definition) is 12. The van der Waals surface area contributed by atoms with E-state index in [0.29, 0.717) is 43.4 Å². The summed E-state index contributed by atoms with van der Waals surface area (Å²) in [6.45, 7) is 6.75. The Hall–Kier alpha value is -6.44. The molecule has 2 aromatic carbocycles. The second kappa shape index (κ2) is 25.9. The van der Waals surface area contributed by atoms with E-state index in [1.165, 1.54) is 38.1 Å². The lowest BCUT2D eigenvalue weighted by atomic mass is 9.97. The van der Waals surface area contributed by atoms with Crippen LogP contribution in [0.2, 0.25) is 0 Å². The van der Waals surface area contributed by atoms with Crippen LogP contribution in [-0.2, 0) is 46.4 Å². The minimum atomic E-state index is -1.35. The molecular formula is C41H63N11O9. The number of nitrogens with zero attached hydrogens (tertiary/aromatic N) is 1. The number of primary amides is 1. The van der Waals surface area contributed by atoms with Crippen molar-refractivity contribution >= 4 is 47.3 Å². The molecule has 7 atom stereocenters. The number of nitrogens with two attached hydrogens (primary N) is 4. The van der Waals surface area contributed by atoms with Crippen molar-refractivity contribution in [3.05, 3.63) is 59.7 Å². The van der Waals surface area contributed by atoms with Crippen molar-refractivity contribution in [2.24, 2.45) is 33.8 Å². The largest absolute Gasteiger partial charge is 0.508 e. The summed E-state index contributed by atoms with van der Waals surface area (Å²) in [7, 11) is 0. The fraction of sp³-hybridized carbons (Fsp3) is 0.512. The Bertz CT molecular complexity index is 1810. The van der Waals surface area contributed by atoms with Gasteiger partial charge in [0.05, 0.1) is 0 Å². The van der Waals surface area contributed by atoms with Crippen molar-refractivity contribution in [1.82, 2.24) is 31.9 Å². The molecule has 20 heteroatoms. The normalized spacial score (nSPS) is 14.3. The van der Waals surface area contributed by atoms with Crippen LogP contribution in [0.5, 0.6) is 11.5 Å². The first-order chi connectivity index (χ1) is 28.8. The van der Waals surface area contributed by atoms with Crippen LogP contribution in [-0.4, -0.2) is 107 Å². The van der Waals surface area contributed by atoms with Gasteiger partial charge in [-0.25, -0.2) is 0 Å². The van der Waals surface area contributed by atoms with Gasteiger partial charge in [0.15, 0.2) is 5.96 Å². The predicted molar refractivity (Wildman–Crippen MR) is 228 cm³/mol. The van der Waals surface area contributed by atoms with E-state index in [-0.39, 0.29) is 49.7 Å². The highest BCUT2D eigenvalue weighted by molar-refractivity contribution is 5.97. The van der Waals surface area contributed by atoms with Crippen molar-refractivity contribution in [3.63, 3.8) is 0 Å². The van der Waals surface area contributed by atoms with E-state index < -0.39 is 83.5 Å².